The summed E-state index contributed by atoms with van der Waals surface area (Å²) < 4.78 is 6.36. The number of benzene rings is 9. The zero-order chi connectivity index (χ0) is 37.8. The number of hydrogen-bond acceptors (Lipinski definition) is 2. The summed E-state index contributed by atoms with van der Waals surface area (Å²) in [6, 6.07) is 81.3. The van der Waals surface area contributed by atoms with Crippen molar-refractivity contribution in [3.63, 3.8) is 0 Å². The standard InChI is InChI=1S/C55H37NO/c1-3-14-38(15-4-1)40-26-31-44(32-27-40)56(45-33-28-41(29-34-45)39-16-5-2-6-17-39)46-19-13-18-42(36-46)55(51-23-10-7-20-47(51)48-21-8-11-24-52(48)55)43-30-35-54-50(37-43)49-22-9-12-25-53(49)57-54/h1-37H. The summed E-state index contributed by atoms with van der Waals surface area (Å²) in [5, 5.41) is 2.25. The van der Waals surface area contributed by atoms with E-state index in [0.29, 0.717) is 0 Å². The summed E-state index contributed by atoms with van der Waals surface area (Å²) in [5.74, 6) is 0. The predicted molar refractivity (Wildman–Crippen MR) is 237 cm³/mol. The Labute approximate surface area is 332 Å². The van der Waals surface area contributed by atoms with Gasteiger partial charge in [-0.2, -0.15) is 0 Å². The van der Waals surface area contributed by atoms with Crippen LogP contribution in [0.2, 0.25) is 0 Å². The van der Waals surface area contributed by atoms with Crippen molar-refractivity contribution in [2.75, 3.05) is 4.90 Å². The molecule has 0 fully saturated rings. The zero-order valence-electron chi connectivity index (χ0n) is 31.2. The van der Waals surface area contributed by atoms with E-state index in [9.17, 15) is 0 Å². The lowest BCUT2D eigenvalue weighted by molar-refractivity contribution is 0.668. The van der Waals surface area contributed by atoms with Gasteiger partial charge in [-0.3, -0.25) is 0 Å². The van der Waals surface area contributed by atoms with E-state index in [1.807, 2.05) is 6.07 Å². The number of rotatable bonds is 7. The van der Waals surface area contributed by atoms with Crippen LogP contribution in [0.25, 0.3) is 55.3 Å². The normalized spacial score (nSPS) is 12.7. The van der Waals surface area contributed by atoms with E-state index in [1.165, 1.54) is 55.6 Å². The van der Waals surface area contributed by atoms with Crippen LogP contribution in [0, 0.1) is 0 Å². The average Bonchev–Trinajstić information content (AvgIpc) is 3.81. The van der Waals surface area contributed by atoms with Crippen molar-refractivity contribution in [3.05, 3.63) is 247 Å². The average molecular weight is 728 g/mol. The molecule has 0 unspecified atom stereocenters. The predicted octanol–water partition coefficient (Wildman–Crippen LogP) is 14.8. The molecule has 0 radical (unpaired) electrons. The van der Waals surface area contributed by atoms with E-state index >= 15 is 0 Å². The van der Waals surface area contributed by atoms with Crippen LogP contribution in [0.5, 0.6) is 0 Å². The Bertz CT molecular complexity index is 2920. The molecular weight excluding hydrogens is 691 g/mol. The molecule has 10 aromatic rings. The summed E-state index contributed by atoms with van der Waals surface area (Å²) in [6.45, 7) is 0. The highest BCUT2D eigenvalue weighted by Gasteiger charge is 2.46. The molecule has 2 nitrogen and oxygen atoms in total. The number of hydrogen-bond donors (Lipinski definition) is 0. The molecule has 57 heavy (non-hydrogen) atoms. The van der Waals surface area contributed by atoms with Crippen LogP contribution in [-0.4, -0.2) is 0 Å². The second-order valence-electron chi connectivity index (χ2n) is 14.9. The van der Waals surface area contributed by atoms with E-state index in [1.54, 1.807) is 0 Å². The number of fused-ring (bicyclic) bond motifs is 6. The van der Waals surface area contributed by atoms with Gasteiger partial charge in [-0.15, -0.1) is 0 Å². The molecule has 0 saturated heterocycles. The van der Waals surface area contributed by atoms with Crippen molar-refractivity contribution in [3.8, 4) is 33.4 Å². The number of furan rings is 1. The molecule has 0 spiro atoms. The van der Waals surface area contributed by atoms with Gasteiger partial charge in [0.05, 0.1) is 5.41 Å². The fraction of sp³-hybridized carbons (Fsp3) is 0.0182. The minimum atomic E-state index is -0.588. The topological polar surface area (TPSA) is 16.4 Å². The van der Waals surface area contributed by atoms with Crippen LogP contribution in [0.4, 0.5) is 17.1 Å². The monoisotopic (exact) mass is 727 g/mol. The molecule has 1 aliphatic rings. The summed E-state index contributed by atoms with van der Waals surface area (Å²) >= 11 is 0. The minimum Gasteiger partial charge on any atom is -0.456 e. The largest absolute Gasteiger partial charge is 0.456 e. The quantitative estimate of drug-likeness (QED) is 0.163. The lowest BCUT2D eigenvalue weighted by Crippen LogP contribution is -2.29. The highest BCUT2D eigenvalue weighted by molar-refractivity contribution is 6.05. The Morgan fingerprint density at radius 3 is 1.42 bits per heavy atom. The molecule has 1 aliphatic carbocycles. The van der Waals surface area contributed by atoms with Crippen LogP contribution in [0.1, 0.15) is 22.3 Å². The van der Waals surface area contributed by atoms with E-state index in [-0.39, 0.29) is 0 Å². The molecule has 0 N–H and O–H groups in total. The zero-order valence-corrected chi connectivity index (χ0v) is 31.2. The molecule has 9 aromatic carbocycles. The van der Waals surface area contributed by atoms with Gasteiger partial charge in [0.15, 0.2) is 0 Å². The highest BCUT2D eigenvalue weighted by atomic mass is 16.3. The van der Waals surface area contributed by atoms with Gasteiger partial charge in [-0.25, -0.2) is 0 Å². The van der Waals surface area contributed by atoms with Gasteiger partial charge >= 0.3 is 0 Å². The van der Waals surface area contributed by atoms with E-state index in [0.717, 1.165) is 39.0 Å². The molecule has 1 heterocycles. The second-order valence-corrected chi connectivity index (χ2v) is 14.9. The second kappa shape index (κ2) is 13.4. The third kappa shape index (κ3) is 5.33. The summed E-state index contributed by atoms with van der Waals surface area (Å²) in [5.41, 5.74) is 16.8. The third-order valence-corrected chi connectivity index (χ3v) is 11.8. The number of para-hydroxylation sites is 1. The van der Waals surface area contributed by atoms with Gasteiger partial charge in [0.2, 0.25) is 0 Å². The molecule has 11 rings (SSSR count). The Hall–Kier alpha value is -7.42. The lowest BCUT2D eigenvalue weighted by atomic mass is 9.67. The van der Waals surface area contributed by atoms with Gasteiger partial charge in [0.1, 0.15) is 11.2 Å². The van der Waals surface area contributed by atoms with E-state index < -0.39 is 5.41 Å². The first-order chi connectivity index (χ1) is 28.3. The van der Waals surface area contributed by atoms with Gasteiger partial charge in [-0.05, 0) is 110 Å². The molecule has 0 amide bonds. The van der Waals surface area contributed by atoms with E-state index in [4.69, 9.17) is 4.42 Å². The van der Waals surface area contributed by atoms with Crippen LogP contribution >= 0.6 is 0 Å². The number of nitrogens with zero attached hydrogens (tertiary/aromatic N) is 1. The fourth-order valence-electron chi connectivity index (χ4n) is 9.18. The molecular formula is C55H37NO. The maximum absolute atomic E-state index is 6.36. The Morgan fingerprint density at radius 1 is 0.316 bits per heavy atom. The molecule has 268 valence electrons. The molecule has 0 bridgehead atoms. The van der Waals surface area contributed by atoms with Crippen molar-refractivity contribution in [2.45, 2.75) is 5.41 Å². The van der Waals surface area contributed by atoms with Gasteiger partial charge in [0, 0.05) is 27.8 Å². The van der Waals surface area contributed by atoms with Crippen LogP contribution < -0.4 is 4.90 Å². The minimum absolute atomic E-state index is 0.588. The van der Waals surface area contributed by atoms with Gasteiger partial charge < -0.3 is 9.32 Å². The Kier molecular flexibility index (Phi) is 7.75. The third-order valence-electron chi connectivity index (χ3n) is 11.8. The molecule has 0 atom stereocenters. The van der Waals surface area contributed by atoms with Crippen LogP contribution in [0.3, 0.4) is 0 Å². The summed E-state index contributed by atoms with van der Waals surface area (Å²) in [6.07, 6.45) is 0. The maximum Gasteiger partial charge on any atom is 0.135 e. The smallest absolute Gasteiger partial charge is 0.135 e. The van der Waals surface area contributed by atoms with Gasteiger partial charge in [-0.1, -0.05) is 170 Å². The van der Waals surface area contributed by atoms with Crippen molar-refractivity contribution in [2.24, 2.45) is 0 Å². The first kappa shape index (κ1) is 33.0. The SMILES string of the molecule is c1ccc(-c2ccc(N(c3ccc(-c4ccccc4)cc3)c3cccc(C4(c5ccc6oc7ccccc7c6c5)c5ccccc5-c5ccccc54)c3)cc2)cc1. The first-order valence-corrected chi connectivity index (χ1v) is 19.6. The molecule has 2 heteroatoms. The fourth-order valence-corrected chi connectivity index (χ4v) is 9.18. The summed E-state index contributed by atoms with van der Waals surface area (Å²) in [7, 11) is 0. The van der Waals surface area contributed by atoms with Crippen LogP contribution in [-0.2, 0) is 5.41 Å². The maximum atomic E-state index is 6.36. The molecule has 0 saturated carbocycles. The Morgan fingerprint density at radius 2 is 0.807 bits per heavy atom. The van der Waals surface area contributed by atoms with E-state index in [2.05, 4.69) is 223 Å². The lowest BCUT2D eigenvalue weighted by Gasteiger charge is -2.35. The first-order valence-electron chi connectivity index (χ1n) is 19.6. The molecule has 0 aliphatic heterocycles. The van der Waals surface area contributed by atoms with Crippen molar-refractivity contribution in [1.29, 1.82) is 0 Å². The van der Waals surface area contributed by atoms with Crippen molar-refractivity contribution >= 4 is 39.0 Å². The molecule has 1 aromatic heterocycles. The van der Waals surface area contributed by atoms with Crippen LogP contribution in [0.15, 0.2) is 229 Å². The van der Waals surface area contributed by atoms with Gasteiger partial charge in [0.25, 0.3) is 0 Å². The highest BCUT2D eigenvalue weighted by Crippen LogP contribution is 2.57. The van der Waals surface area contributed by atoms with Crippen molar-refractivity contribution < 1.29 is 4.42 Å². The van der Waals surface area contributed by atoms with Crippen molar-refractivity contribution in [1.82, 2.24) is 0 Å². The summed E-state index contributed by atoms with van der Waals surface area (Å²) in [4.78, 5) is 2.39. The number of anilines is 3. The Balaban J connectivity index is 1.13.